The first-order chi connectivity index (χ1) is 13.9. The average Bonchev–Trinajstić information content (AvgIpc) is 3.12. The fourth-order valence-corrected chi connectivity index (χ4v) is 6.74. The van der Waals surface area contributed by atoms with E-state index >= 15 is 0 Å². The van der Waals surface area contributed by atoms with Crippen molar-refractivity contribution in [2.45, 2.75) is 6.04 Å². The second kappa shape index (κ2) is 8.29. The molecule has 0 radical (unpaired) electrons. The maximum atomic E-state index is 12.9. The van der Waals surface area contributed by atoms with Gasteiger partial charge in [0.25, 0.3) is 10.2 Å². The van der Waals surface area contributed by atoms with Crippen molar-refractivity contribution in [1.82, 2.24) is 18.4 Å². The Kier molecular flexibility index (Phi) is 5.92. The Morgan fingerprint density at radius 3 is 2.17 bits per heavy atom. The normalized spacial score (nSPS) is 22.1. The quantitative estimate of drug-likeness (QED) is 0.754. The Morgan fingerprint density at radius 1 is 1.00 bits per heavy atom. The molecule has 10 heteroatoms. The molecule has 2 fully saturated rings. The van der Waals surface area contributed by atoms with E-state index in [-0.39, 0.29) is 0 Å². The molecule has 0 aliphatic carbocycles. The Balaban J connectivity index is 1.46. The molecule has 2 aromatic rings. The first kappa shape index (κ1) is 20.7. The number of aliphatic carboxylic acids is 1. The van der Waals surface area contributed by atoms with Crippen LogP contribution in [0.5, 0.6) is 0 Å². The third-order valence-corrected chi connectivity index (χ3v) is 8.91. The molecule has 158 valence electrons. The van der Waals surface area contributed by atoms with Crippen molar-refractivity contribution < 1.29 is 18.3 Å². The number of carboxylic acids is 1. The molecule has 1 unspecified atom stereocenters. The molecule has 3 heterocycles. The van der Waals surface area contributed by atoms with Crippen LogP contribution in [0.1, 0.15) is 10.9 Å². The number of hydrogen-bond acceptors (Lipinski definition) is 6. The van der Waals surface area contributed by atoms with Crippen LogP contribution >= 0.6 is 11.3 Å². The van der Waals surface area contributed by atoms with Gasteiger partial charge in [0, 0.05) is 61.9 Å². The highest BCUT2D eigenvalue weighted by Gasteiger charge is 2.37. The zero-order valence-corrected chi connectivity index (χ0v) is 18.0. The predicted molar refractivity (Wildman–Crippen MR) is 113 cm³/mol. The summed E-state index contributed by atoms with van der Waals surface area (Å²) < 4.78 is 30.0. The summed E-state index contributed by atoms with van der Waals surface area (Å²) in [5.41, 5.74) is 0. The molecular formula is C19H26N4O4S2. The minimum atomic E-state index is -3.49. The van der Waals surface area contributed by atoms with Gasteiger partial charge in [-0.2, -0.15) is 17.0 Å². The summed E-state index contributed by atoms with van der Waals surface area (Å²) >= 11 is 1.49. The molecule has 0 amide bonds. The summed E-state index contributed by atoms with van der Waals surface area (Å²) in [5, 5.41) is 10.9. The molecule has 1 aromatic carbocycles. The highest BCUT2D eigenvalue weighted by Crippen LogP contribution is 2.33. The standard InChI is InChI=1S/C19H26N4O4S2/c1-20-6-10-22(11-7-20)29(26,27)23-12-8-21(9-13-23)18(19(24)25)17-14-15-4-2-3-5-16(15)28-17/h2-5,14,18H,6-13H2,1H3,(H,24,25). The van der Waals surface area contributed by atoms with Crippen molar-refractivity contribution >= 4 is 37.6 Å². The lowest BCUT2D eigenvalue weighted by molar-refractivity contribution is -0.144. The highest BCUT2D eigenvalue weighted by molar-refractivity contribution is 7.86. The van der Waals surface area contributed by atoms with E-state index in [2.05, 4.69) is 4.90 Å². The predicted octanol–water partition coefficient (Wildman–Crippen LogP) is 1.14. The number of fused-ring (bicyclic) bond motifs is 1. The maximum Gasteiger partial charge on any atom is 0.326 e. The van der Waals surface area contributed by atoms with Crippen LogP contribution in [-0.4, -0.2) is 97.3 Å². The van der Waals surface area contributed by atoms with Crippen LogP contribution < -0.4 is 0 Å². The Labute approximate surface area is 175 Å². The van der Waals surface area contributed by atoms with Gasteiger partial charge in [-0.05, 0) is 24.6 Å². The van der Waals surface area contributed by atoms with Gasteiger partial charge in [-0.1, -0.05) is 18.2 Å². The Hall–Kier alpha value is -1.56. The molecule has 29 heavy (non-hydrogen) atoms. The van der Waals surface area contributed by atoms with Gasteiger partial charge >= 0.3 is 5.97 Å². The van der Waals surface area contributed by atoms with Gasteiger partial charge in [0.15, 0.2) is 0 Å². The Morgan fingerprint density at radius 2 is 1.59 bits per heavy atom. The molecule has 2 aliphatic heterocycles. The van der Waals surface area contributed by atoms with Crippen LogP contribution in [0.25, 0.3) is 10.1 Å². The molecular weight excluding hydrogens is 412 g/mol. The number of nitrogens with zero attached hydrogens (tertiary/aromatic N) is 4. The Bertz CT molecular complexity index is 944. The van der Waals surface area contributed by atoms with Crippen LogP contribution in [-0.2, 0) is 15.0 Å². The van der Waals surface area contributed by atoms with E-state index in [0.717, 1.165) is 28.1 Å². The van der Waals surface area contributed by atoms with Gasteiger partial charge < -0.3 is 10.0 Å². The van der Waals surface area contributed by atoms with Crippen molar-refractivity contribution in [2.24, 2.45) is 0 Å². The van der Waals surface area contributed by atoms with E-state index in [1.54, 1.807) is 4.31 Å². The number of carbonyl (C=O) groups is 1. The maximum absolute atomic E-state index is 12.9. The molecule has 8 nitrogen and oxygen atoms in total. The average molecular weight is 439 g/mol. The minimum Gasteiger partial charge on any atom is -0.480 e. The summed E-state index contributed by atoms with van der Waals surface area (Å²) in [4.78, 5) is 16.8. The first-order valence-corrected chi connectivity index (χ1v) is 12.0. The van der Waals surface area contributed by atoms with Crippen molar-refractivity contribution in [3.05, 3.63) is 35.2 Å². The van der Waals surface area contributed by atoms with Gasteiger partial charge in [-0.3, -0.25) is 9.69 Å². The van der Waals surface area contributed by atoms with Crippen molar-refractivity contribution in [3.63, 3.8) is 0 Å². The molecule has 1 atom stereocenters. The molecule has 0 bridgehead atoms. The lowest BCUT2D eigenvalue weighted by Gasteiger charge is -2.40. The van der Waals surface area contributed by atoms with E-state index in [4.69, 9.17) is 0 Å². The van der Waals surface area contributed by atoms with Gasteiger partial charge in [0.05, 0.1) is 0 Å². The molecule has 4 rings (SSSR count). The SMILES string of the molecule is CN1CCN(S(=O)(=O)N2CCN(C(C(=O)O)c3cc4ccccc4s3)CC2)CC1. The van der Waals surface area contributed by atoms with Crippen molar-refractivity contribution in [2.75, 3.05) is 59.4 Å². The highest BCUT2D eigenvalue weighted by atomic mass is 32.2. The topological polar surface area (TPSA) is 84.4 Å². The minimum absolute atomic E-state index is 0.309. The largest absolute Gasteiger partial charge is 0.480 e. The number of likely N-dealkylation sites (N-methyl/N-ethyl adjacent to an activating group) is 1. The number of benzene rings is 1. The van der Waals surface area contributed by atoms with E-state index in [9.17, 15) is 18.3 Å². The third kappa shape index (κ3) is 4.18. The molecule has 0 saturated carbocycles. The molecule has 1 N–H and O–H groups in total. The fraction of sp³-hybridized carbons (Fsp3) is 0.526. The van der Waals surface area contributed by atoms with Crippen LogP contribution in [0, 0.1) is 0 Å². The summed E-state index contributed by atoms with van der Waals surface area (Å²) in [6.07, 6.45) is 0. The molecule has 1 aromatic heterocycles. The molecule has 0 spiro atoms. The number of carboxylic acid groups (broad SMARTS) is 1. The number of thiophene rings is 1. The zero-order chi connectivity index (χ0) is 20.6. The third-order valence-electron chi connectivity index (χ3n) is 5.70. The van der Waals surface area contributed by atoms with Crippen molar-refractivity contribution in [3.8, 4) is 0 Å². The first-order valence-electron chi connectivity index (χ1n) is 9.75. The number of piperazine rings is 2. The van der Waals surface area contributed by atoms with Crippen LogP contribution in [0.15, 0.2) is 30.3 Å². The molecule has 2 aliphatic rings. The smallest absolute Gasteiger partial charge is 0.326 e. The van der Waals surface area contributed by atoms with Crippen molar-refractivity contribution in [1.29, 1.82) is 0 Å². The van der Waals surface area contributed by atoms with Crippen LogP contribution in [0.4, 0.5) is 0 Å². The van der Waals surface area contributed by atoms with Gasteiger partial charge in [-0.25, -0.2) is 0 Å². The summed E-state index contributed by atoms with van der Waals surface area (Å²) in [7, 11) is -1.51. The van der Waals surface area contributed by atoms with E-state index in [1.807, 2.05) is 42.3 Å². The van der Waals surface area contributed by atoms with E-state index in [0.29, 0.717) is 39.3 Å². The second-order valence-corrected chi connectivity index (χ2v) is 10.6. The van der Waals surface area contributed by atoms with E-state index in [1.165, 1.54) is 15.6 Å². The van der Waals surface area contributed by atoms with Gasteiger partial charge in [0.1, 0.15) is 6.04 Å². The lowest BCUT2D eigenvalue weighted by atomic mass is 10.1. The monoisotopic (exact) mass is 438 g/mol. The van der Waals surface area contributed by atoms with Crippen LogP contribution in [0.3, 0.4) is 0 Å². The fourth-order valence-electron chi connectivity index (χ4n) is 3.97. The summed E-state index contributed by atoms with van der Waals surface area (Å²) in [6, 6.07) is 9.04. The zero-order valence-electron chi connectivity index (χ0n) is 16.4. The lowest BCUT2D eigenvalue weighted by Crippen LogP contribution is -2.57. The van der Waals surface area contributed by atoms with Gasteiger partial charge in [0.2, 0.25) is 0 Å². The van der Waals surface area contributed by atoms with E-state index < -0.39 is 22.2 Å². The second-order valence-electron chi connectivity index (χ2n) is 7.57. The number of hydrogen-bond donors (Lipinski definition) is 1. The summed E-state index contributed by atoms with van der Waals surface area (Å²) in [6.45, 7) is 3.87. The number of rotatable bonds is 5. The summed E-state index contributed by atoms with van der Waals surface area (Å²) in [5.74, 6) is -0.896. The van der Waals surface area contributed by atoms with Crippen LogP contribution in [0.2, 0.25) is 0 Å². The molecule has 2 saturated heterocycles. The van der Waals surface area contributed by atoms with Gasteiger partial charge in [-0.15, -0.1) is 11.3 Å².